The lowest BCUT2D eigenvalue weighted by molar-refractivity contribution is -0.432. The molecule has 0 saturated carbocycles. The van der Waals surface area contributed by atoms with Gasteiger partial charge in [-0.25, -0.2) is 18.4 Å². The lowest BCUT2D eigenvalue weighted by Gasteiger charge is -2.13. The minimum absolute atomic E-state index is 0.000193. The molecule has 0 aliphatic carbocycles. The van der Waals surface area contributed by atoms with E-state index < -0.39 is 40.9 Å². The molecule has 0 bridgehead atoms. The molecule has 17 nitrogen and oxygen atoms in total. The summed E-state index contributed by atoms with van der Waals surface area (Å²) in [5, 5.41) is 17.6. The number of hydrogen-bond donors (Lipinski definition) is 6. The Morgan fingerprint density at radius 3 is 2.32 bits per heavy atom. The summed E-state index contributed by atoms with van der Waals surface area (Å²) in [5.41, 5.74) is 0.00962. The van der Waals surface area contributed by atoms with Crippen LogP contribution in [0.2, 0.25) is 0 Å². The van der Waals surface area contributed by atoms with Gasteiger partial charge < -0.3 is 10.6 Å². The largest absolute Gasteiger partial charge is 0.353 e. The molecule has 37 heavy (non-hydrogen) atoms. The summed E-state index contributed by atoms with van der Waals surface area (Å²) in [6.45, 7) is 0.0736. The van der Waals surface area contributed by atoms with Crippen molar-refractivity contribution >= 4 is 71.6 Å². The molecule has 0 saturated heterocycles. The van der Waals surface area contributed by atoms with Crippen molar-refractivity contribution in [2.24, 2.45) is 0 Å². The number of rotatable bonds is 16. The van der Waals surface area contributed by atoms with Crippen molar-refractivity contribution < 1.29 is 49.0 Å². The fourth-order valence-electron chi connectivity index (χ4n) is 2.38. The Morgan fingerprint density at radius 2 is 1.70 bits per heavy atom. The Hall–Kier alpha value is -1.86. The van der Waals surface area contributed by atoms with Crippen LogP contribution in [-0.4, -0.2) is 85.4 Å². The van der Waals surface area contributed by atoms with E-state index in [1.807, 2.05) is 0 Å². The maximum Gasteiger partial charge on any atom is 0.294 e. The Labute approximate surface area is 220 Å². The molecular weight excluding hydrogens is 601 g/mol. The smallest absolute Gasteiger partial charge is 0.294 e. The summed E-state index contributed by atoms with van der Waals surface area (Å²) < 4.78 is 92.3. The van der Waals surface area contributed by atoms with Crippen molar-refractivity contribution in [2.45, 2.75) is 21.4 Å². The van der Waals surface area contributed by atoms with E-state index in [1.165, 1.54) is 6.07 Å². The van der Waals surface area contributed by atoms with Crippen LogP contribution in [0.5, 0.6) is 0 Å². The van der Waals surface area contributed by atoms with Gasteiger partial charge in [0, 0.05) is 18.8 Å². The highest BCUT2D eigenvalue weighted by molar-refractivity contribution is 7.99. The van der Waals surface area contributed by atoms with Crippen molar-refractivity contribution in [3.8, 4) is 0 Å². The third-order valence-electron chi connectivity index (χ3n) is 3.81. The average Bonchev–Trinajstić information content (AvgIpc) is 2.77. The molecule has 1 aromatic carbocycles. The fraction of sp³-hybridized carbons (Fsp3) is 0.400. The summed E-state index contributed by atoms with van der Waals surface area (Å²) in [6.07, 6.45) is 1.07. The van der Waals surface area contributed by atoms with Crippen LogP contribution >= 0.6 is 23.8 Å². The van der Waals surface area contributed by atoms with Crippen molar-refractivity contribution in [1.29, 1.82) is 0 Å². The van der Waals surface area contributed by atoms with Crippen molar-refractivity contribution in [2.75, 3.05) is 41.5 Å². The van der Waals surface area contributed by atoms with Gasteiger partial charge >= 0.3 is 0 Å². The van der Waals surface area contributed by atoms with Crippen molar-refractivity contribution in [1.82, 2.24) is 19.7 Å². The van der Waals surface area contributed by atoms with Crippen molar-refractivity contribution in [3.63, 3.8) is 0 Å². The second kappa shape index (κ2) is 13.8. The summed E-state index contributed by atoms with van der Waals surface area (Å²) in [6, 6.07) is 3.33. The van der Waals surface area contributed by atoms with Gasteiger partial charge in [-0.15, -0.1) is 4.33 Å². The number of thioether (sulfide) groups is 1. The van der Waals surface area contributed by atoms with Gasteiger partial charge in [0.1, 0.15) is 0 Å². The lowest BCUT2D eigenvalue weighted by atomic mass is 10.3. The van der Waals surface area contributed by atoms with Crippen LogP contribution in [0.1, 0.15) is 6.42 Å². The lowest BCUT2D eigenvalue weighted by Crippen LogP contribution is -2.28. The molecule has 2 rings (SSSR count). The molecule has 22 heteroatoms. The minimum atomic E-state index is -4.59. The van der Waals surface area contributed by atoms with E-state index in [9.17, 15) is 29.8 Å². The van der Waals surface area contributed by atoms with E-state index in [0.717, 1.165) is 30.2 Å². The molecule has 2 aromatic rings. The van der Waals surface area contributed by atoms with Crippen LogP contribution in [0.4, 0.5) is 17.6 Å². The van der Waals surface area contributed by atoms with E-state index >= 15 is 0 Å². The number of nitrogens with one attached hydrogen (secondary N) is 3. The molecule has 0 radical (unpaired) electrons. The summed E-state index contributed by atoms with van der Waals surface area (Å²) in [4.78, 5) is 12.1. The van der Waals surface area contributed by atoms with Gasteiger partial charge in [0.05, 0.1) is 39.5 Å². The molecule has 0 amide bonds. The highest BCUT2D eigenvalue weighted by atomic mass is 32.2. The Balaban J connectivity index is 2.33. The number of nitrogens with zero attached hydrogens (tertiary/aromatic N) is 3. The third-order valence-corrected chi connectivity index (χ3v) is 7.80. The predicted octanol–water partition coefficient (Wildman–Crippen LogP) is 0.621. The van der Waals surface area contributed by atoms with Crippen molar-refractivity contribution in [3.05, 3.63) is 18.2 Å². The quantitative estimate of drug-likeness (QED) is 0.0374. The molecule has 0 aliphatic rings. The normalized spacial score (nSPS) is 12.4. The summed E-state index contributed by atoms with van der Waals surface area (Å²) in [7, 11) is -12.2. The highest BCUT2D eigenvalue weighted by Gasteiger charge is 2.16. The number of benzene rings is 1. The van der Waals surface area contributed by atoms with E-state index in [2.05, 4.69) is 39.7 Å². The Bertz CT molecular complexity index is 1330. The predicted molar refractivity (Wildman–Crippen MR) is 133 cm³/mol. The second-order valence-corrected chi connectivity index (χ2v) is 13.5. The molecular formula is C15H22N6O11S5. The van der Waals surface area contributed by atoms with Gasteiger partial charge in [0.2, 0.25) is 21.9 Å². The maximum atomic E-state index is 11.6. The third kappa shape index (κ3) is 12.5. The fourth-order valence-corrected chi connectivity index (χ4v) is 5.26. The van der Waals surface area contributed by atoms with Crippen LogP contribution in [0.15, 0.2) is 33.1 Å². The zero-order valence-corrected chi connectivity index (χ0v) is 22.8. The average molecular weight is 623 g/mol. The first-order chi connectivity index (χ1) is 17.2. The minimum Gasteiger partial charge on any atom is -0.353 e. The summed E-state index contributed by atoms with van der Waals surface area (Å²) in [5.74, 6) is -0.432. The van der Waals surface area contributed by atoms with Crippen LogP contribution in [0, 0.1) is 0 Å². The highest BCUT2D eigenvalue weighted by Crippen LogP contribution is 2.32. The van der Waals surface area contributed by atoms with E-state index in [0.29, 0.717) is 12.0 Å². The summed E-state index contributed by atoms with van der Waals surface area (Å²) >= 11 is 1.50. The van der Waals surface area contributed by atoms with Gasteiger partial charge in [-0.1, -0.05) is 16.8 Å². The number of aromatic nitrogens is 3. The van der Waals surface area contributed by atoms with E-state index in [4.69, 9.17) is 9.81 Å². The molecule has 0 fully saturated rings. The van der Waals surface area contributed by atoms with Gasteiger partial charge in [0.15, 0.2) is 5.16 Å². The van der Waals surface area contributed by atoms with Crippen LogP contribution in [-0.2, 0) is 39.6 Å². The van der Waals surface area contributed by atoms with Gasteiger partial charge in [-0.05, 0) is 24.6 Å². The second-order valence-electron chi connectivity index (χ2n) is 6.83. The molecule has 0 aliphatic heterocycles. The van der Waals surface area contributed by atoms with E-state index in [-0.39, 0.29) is 52.9 Å². The van der Waals surface area contributed by atoms with E-state index in [1.54, 1.807) is 0 Å². The van der Waals surface area contributed by atoms with Gasteiger partial charge in [-0.3, -0.25) is 9.11 Å². The number of anilines is 3. The van der Waals surface area contributed by atoms with Crippen LogP contribution in [0.25, 0.3) is 0 Å². The van der Waals surface area contributed by atoms with Gasteiger partial charge in [0.25, 0.3) is 20.2 Å². The van der Waals surface area contributed by atoms with Crippen LogP contribution in [0.3, 0.4) is 0 Å². The molecule has 0 atom stereocenters. The van der Waals surface area contributed by atoms with Gasteiger partial charge in [-0.2, -0.15) is 31.8 Å². The molecule has 6 N–H and O–H groups in total. The molecule has 1 heterocycles. The number of sulfonamides is 1. The first-order valence-corrected chi connectivity index (χ1v) is 16.4. The maximum absolute atomic E-state index is 11.6. The standard InChI is InChI=1S/C15H22N6O11S5/c1-35(23,24)17-6-5-16-13-19-14(21-15(20-13)33-7-2-8-36(25,26)27)18-11-9-10(37(28,29)30)3-4-12(11)34-32-31-22/h3-4,9,17,22H,2,5-8H2,1H3,(H,25,26,27)(H,28,29,30)(H2,16,18,19,20,21). The molecule has 1 aromatic heterocycles. The Kier molecular flexibility index (Phi) is 11.7. The molecule has 0 spiro atoms. The first kappa shape index (κ1) is 31.4. The SMILES string of the molecule is CS(=O)(=O)NCCNc1nc(Nc2cc(S(=O)(=O)O)ccc2SOOO)nc(SCCCS(=O)(=O)O)n1. The molecule has 208 valence electrons. The molecule has 0 unspecified atom stereocenters. The Morgan fingerprint density at radius 1 is 1.00 bits per heavy atom. The first-order valence-electron chi connectivity index (χ1n) is 9.72. The zero-order valence-electron chi connectivity index (χ0n) is 18.8. The monoisotopic (exact) mass is 622 g/mol. The zero-order chi connectivity index (χ0) is 27.7. The number of hydrogen-bond acceptors (Lipinski definition) is 16. The van der Waals surface area contributed by atoms with Crippen LogP contribution < -0.4 is 15.4 Å². The topological polar surface area (TPSA) is 256 Å².